The van der Waals surface area contributed by atoms with Crippen molar-refractivity contribution in [3.63, 3.8) is 0 Å². The number of amides is 1. The lowest BCUT2D eigenvalue weighted by molar-refractivity contribution is -0.123. The zero-order valence-corrected chi connectivity index (χ0v) is 16.9. The monoisotopic (exact) mass is 399 g/mol. The molecule has 1 fully saturated rings. The van der Waals surface area contributed by atoms with E-state index in [1.165, 1.54) is 21.4 Å². The molecule has 1 aliphatic rings. The molecule has 1 saturated heterocycles. The smallest absolute Gasteiger partial charge is 0.230 e. The predicted octanol–water partition coefficient (Wildman–Crippen LogP) is 2.65. The number of piperidine rings is 1. The lowest BCUT2D eigenvalue weighted by Crippen LogP contribution is -2.40. The summed E-state index contributed by atoms with van der Waals surface area (Å²) in [5, 5.41) is 15.4. The van der Waals surface area contributed by atoms with Gasteiger partial charge in [-0.05, 0) is 38.4 Å². The summed E-state index contributed by atoms with van der Waals surface area (Å²) in [5.41, 5.74) is 7.79. The van der Waals surface area contributed by atoms with Crippen LogP contribution in [-0.4, -0.2) is 43.6 Å². The van der Waals surface area contributed by atoms with Crippen LogP contribution < -0.4 is 5.73 Å². The second kappa shape index (κ2) is 7.52. The van der Waals surface area contributed by atoms with Gasteiger partial charge in [-0.15, -0.1) is 5.10 Å². The van der Waals surface area contributed by atoms with E-state index in [1.54, 1.807) is 0 Å². The van der Waals surface area contributed by atoms with Crippen molar-refractivity contribution < 1.29 is 9.90 Å². The van der Waals surface area contributed by atoms with Crippen LogP contribution in [0, 0.1) is 12.8 Å². The molecule has 28 heavy (non-hydrogen) atoms. The highest BCUT2D eigenvalue weighted by molar-refractivity contribution is 7.17. The normalized spacial score (nSPS) is 17.2. The summed E-state index contributed by atoms with van der Waals surface area (Å²) in [6.45, 7) is 5.56. The van der Waals surface area contributed by atoms with Crippen molar-refractivity contribution >= 4 is 22.2 Å². The molecule has 2 aromatic heterocycles. The number of aromatic nitrogens is 3. The van der Waals surface area contributed by atoms with E-state index in [9.17, 15) is 9.90 Å². The fourth-order valence-corrected chi connectivity index (χ4v) is 5.06. The molecule has 0 radical (unpaired) electrons. The Labute approximate surface area is 167 Å². The lowest BCUT2D eigenvalue weighted by atomic mass is 9.93. The van der Waals surface area contributed by atoms with Crippen molar-refractivity contribution in [2.24, 2.45) is 11.7 Å². The Hall–Kier alpha value is -2.45. The summed E-state index contributed by atoms with van der Waals surface area (Å²) >= 11 is 1.48. The molecule has 1 amide bonds. The van der Waals surface area contributed by atoms with Crippen LogP contribution in [0.3, 0.4) is 0 Å². The molecule has 7 nitrogen and oxygen atoms in total. The summed E-state index contributed by atoms with van der Waals surface area (Å²) in [6.07, 6.45) is 2.20. The second-order valence-corrected chi connectivity index (χ2v) is 8.40. The molecule has 0 bridgehead atoms. The molecule has 0 spiro atoms. The van der Waals surface area contributed by atoms with Gasteiger partial charge < -0.3 is 10.8 Å². The van der Waals surface area contributed by atoms with Crippen LogP contribution in [0.5, 0.6) is 5.88 Å². The maximum Gasteiger partial charge on any atom is 0.230 e. The number of hydrogen-bond acceptors (Lipinski definition) is 6. The van der Waals surface area contributed by atoms with Crippen LogP contribution in [0.25, 0.3) is 4.96 Å². The van der Waals surface area contributed by atoms with E-state index >= 15 is 0 Å². The van der Waals surface area contributed by atoms with Gasteiger partial charge in [0.2, 0.25) is 16.7 Å². The first-order valence-electron chi connectivity index (χ1n) is 9.65. The average Bonchev–Trinajstić information content (AvgIpc) is 3.22. The van der Waals surface area contributed by atoms with E-state index in [4.69, 9.17) is 5.73 Å². The number of benzene rings is 1. The van der Waals surface area contributed by atoms with E-state index in [-0.39, 0.29) is 23.7 Å². The molecule has 1 unspecified atom stereocenters. The summed E-state index contributed by atoms with van der Waals surface area (Å²) in [7, 11) is 0. The third-order valence-corrected chi connectivity index (χ3v) is 6.54. The predicted molar refractivity (Wildman–Crippen MR) is 108 cm³/mol. The number of hydrogen-bond donors (Lipinski definition) is 2. The molecule has 1 aliphatic heterocycles. The molecule has 1 atom stereocenters. The van der Waals surface area contributed by atoms with Crippen LogP contribution in [0.4, 0.5) is 0 Å². The Morgan fingerprint density at radius 3 is 2.75 bits per heavy atom. The third kappa shape index (κ3) is 3.38. The SMILES string of the molecule is CCc1nc2sc(C(c3cccc(C)c3)N3CCC(C(N)=O)CC3)c(O)n2n1. The Balaban J connectivity index is 1.74. The average molecular weight is 400 g/mol. The molecule has 1 aromatic carbocycles. The molecular formula is C20H25N5O2S. The van der Waals surface area contributed by atoms with Gasteiger partial charge in [0.1, 0.15) is 0 Å². The minimum Gasteiger partial charge on any atom is -0.492 e. The minimum atomic E-state index is -0.222. The number of aryl methyl sites for hydroxylation is 2. The number of likely N-dealkylation sites (tertiary alicyclic amines) is 1. The van der Waals surface area contributed by atoms with Gasteiger partial charge in [-0.25, -0.2) is 4.98 Å². The fourth-order valence-electron chi connectivity index (χ4n) is 3.93. The van der Waals surface area contributed by atoms with Crippen LogP contribution in [0.1, 0.15) is 47.6 Å². The van der Waals surface area contributed by atoms with Gasteiger partial charge in [0.05, 0.1) is 10.9 Å². The van der Waals surface area contributed by atoms with Crippen molar-refractivity contribution in [3.05, 3.63) is 46.1 Å². The maximum atomic E-state index is 11.6. The van der Waals surface area contributed by atoms with Gasteiger partial charge in [0, 0.05) is 12.3 Å². The van der Waals surface area contributed by atoms with Gasteiger partial charge in [-0.3, -0.25) is 9.69 Å². The van der Waals surface area contributed by atoms with Crippen molar-refractivity contribution in [1.29, 1.82) is 0 Å². The first-order valence-corrected chi connectivity index (χ1v) is 10.5. The van der Waals surface area contributed by atoms with Gasteiger partial charge >= 0.3 is 0 Å². The third-order valence-electron chi connectivity index (χ3n) is 5.46. The topological polar surface area (TPSA) is 96.8 Å². The molecule has 4 rings (SSSR count). The Morgan fingerprint density at radius 1 is 1.39 bits per heavy atom. The van der Waals surface area contributed by atoms with E-state index in [1.807, 2.05) is 13.0 Å². The Morgan fingerprint density at radius 2 is 2.14 bits per heavy atom. The van der Waals surface area contributed by atoms with E-state index < -0.39 is 0 Å². The fraction of sp³-hybridized carbons (Fsp3) is 0.450. The number of primary amides is 1. The molecular weight excluding hydrogens is 374 g/mol. The first kappa shape index (κ1) is 18.9. The van der Waals surface area contributed by atoms with Crippen LogP contribution >= 0.6 is 11.3 Å². The quantitative estimate of drug-likeness (QED) is 0.687. The van der Waals surface area contributed by atoms with E-state index in [0.29, 0.717) is 4.96 Å². The summed E-state index contributed by atoms with van der Waals surface area (Å²) in [4.78, 5) is 19.9. The molecule has 0 aliphatic carbocycles. The Bertz CT molecular complexity index is 1000. The van der Waals surface area contributed by atoms with Crippen LogP contribution in [0.2, 0.25) is 0 Å². The number of nitrogens with zero attached hydrogens (tertiary/aromatic N) is 4. The van der Waals surface area contributed by atoms with Gasteiger partial charge in [0.15, 0.2) is 5.82 Å². The van der Waals surface area contributed by atoms with Crippen LogP contribution in [0.15, 0.2) is 24.3 Å². The van der Waals surface area contributed by atoms with Gasteiger partial charge in [-0.2, -0.15) is 4.52 Å². The van der Waals surface area contributed by atoms with Crippen molar-refractivity contribution in [3.8, 4) is 5.88 Å². The minimum absolute atomic E-state index is 0.0718. The van der Waals surface area contributed by atoms with Crippen molar-refractivity contribution in [1.82, 2.24) is 19.5 Å². The number of aromatic hydroxyl groups is 1. The van der Waals surface area contributed by atoms with E-state index in [2.05, 4.69) is 40.1 Å². The number of carbonyl (C=O) groups excluding carboxylic acids is 1. The standard InChI is InChI=1S/C20H25N5O2S/c1-3-15-22-20-25(23-15)19(27)17(28-20)16(14-6-4-5-12(2)11-14)24-9-7-13(8-10-24)18(21)26/h4-6,11,13,16,27H,3,7-10H2,1-2H3,(H2,21,26). The highest BCUT2D eigenvalue weighted by Gasteiger charge is 2.33. The zero-order chi connectivity index (χ0) is 19.8. The molecule has 0 saturated carbocycles. The summed E-state index contributed by atoms with van der Waals surface area (Å²) in [6, 6.07) is 8.24. The number of thiazole rings is 1. The van der Waals surface area contributed by atoms with Gasteiger partial charge in [-0.1, -0.05) is 48.1 Å². The number of carbonyl (C=O) groups is 1. The summed E-state index contributed by atoms with van der Waals surface area (Å²) in [5.74, 6) is 0.580. The highest BCUT2D eigenvalue weighted by atomic mass is 32.1. The molecule has 148 valence electrons. The highest BCUT2D eigenvalue weighted by Crippen LogP contribution is 2.41. The number of fused-ring (bicyclic) bond motifs is 1. The molecule has 3 aromatic rings. The molecule has 8 heteroatoms. The molecule has 3 N–H and O–H groups in total. The first-order chi connectivity index (χ1) is 13.5. The van der Waals surface area contributed by atoms with Crippen molar-refractivity contribution in [2.75, 3.05) is 13.1 Å². The van der Waals surface area contributed by atoms with Crippen LogP contribution in [-0.2, 0) is 11.2 Å². The zero-order valence-electron chi connectivity index (χ0n) is 16.1. The van der Waals surface area contributed by atoms with Crippen molar-refractivity contribution in [2.45, 2.75) is 39.2 Å². The largest absolute Gasteiger partial charge is 0.492 e. The second-order valence-electron chi connectivity index (χ2n) is 7.40. The number of rotatable bonds is 5. The molecule has 3 heterocycles. The summed E-state index contributed by atoms with van der Waals surface area (Å²) < 4.78 is 1.54. The Kier molecular flexibility index (Phi) is 5.07. The lowest BCUT2D eigenvalue weighted by Gasteiger charge is -2.36. The number of nitrogens with two attached hydrogens (primary N) is 1. The van der Waals surface area contributed by atoms with E-state index in [0.717, 1.165) is 48.6 Å². The van der Waals surface area contributed by atoms with Gasteiger partial charge in [0.25, 0.3) is 0 Å². The maximum absolute atomic E-state index is 11.6.